The number of anilines is 2. The first-order chi connectivity index (χ1) is 15.3. The van der Waals surface area contributed by atoms with Gasteiger partial charge in [0.05, 0.1) is 23.2 Å². The van der Waals surface area contributed by atoms with Gasteiger partial charge in [0.1, 0.15) is 6.54 Å². The van der Waals surface area contributed by atoms with Crippen LogP contribution in [0, 0.1) is 0 Å². The molecule has 0 unspecified atom stereocenters. The van der Waals surface area contributed by atoms with Crippen molar-refractivity contribution in [2.45, 2.75) is 19.3 Å². The Morgan fingerprint density at radius 2 is 1.75 bits per heavy atom. The van der Waals surface area contributed by atoms with Gasteiger partial charge in [-0.1, -0.05) is 12.1 Å². The lowest BCUT2D eigenvalue weighted by atomic mass is 10.1. The van der Waals surface area contributed by atoms with Crippen molar-refractivity contribution in [3.8, 4) is 11.5 Å². The van der Waals surface area contributed by atoms with Crippen molar-refractivity contribution in [2.24, 2.45) is 0 Å². The van der Waals surface area contributed by atoms with E-state index in [-0.39, 0.29) is 18.4 Å². The molecular formula is C22H25N3O6S. The highest BCUT2D eigenvalue weighted by Gasteiger charge is 2.25. The Labute approximate surface area is 187 Å². The standard InChI is InChI=1S/C22H25N3O6S/c1-32(28,29)25(16-9-10-19-20(13-16)31-15-30-19)14-21(26)23-18-8-4-3-7-17(18)22(27)24-11-5-2-6-12-24/h3-4,7-10,13H,2,5-6,11-12,14-15H2,1H3,(H,23,26). The summed E-state index contributed by atoms with van der Waals surface area (Å²) in [5, 5.41) is 2.71. The highest BCUT2D eigenvalue weighted by Crippen LogP contribution is 2.36. The van der Waals surface area contributed by atoms with Crippen LogP contribution in [0.2, 0.25) is 0 Å². The molecule has 0 aromatic heterocycles. The van der Waals surface area contributed by atoms with E-state index in [9.17, 15) is 18.0 Å². The van der Waals surface area contributed by atoms with Crippen molar-refractivity contribution in [1.29, 1.82) is 0 Å². The second-order valence-corrected chi connectivity index (χ2v) is 9.66. The fraction of sp³-hybridized carbons (Fsp3) is 0.364. The second kappa shape index (κ2) is 9.07. The first kappa shape index (κ1) is 21.9. The number of ether oxygens (including phenoxy) is 2. The number of sulfonamides is 1. The number of nitrogens with zero attached hydrogens (tertiary/aromatic N) is 2. The quantitative estimate of drug-likeness (QED) is 0.711. The van der Waals surface area contributed by atoms with Gasteiger partial charge in [-0.15, -0.1) is 0 Å². The summed E-state index contributed by atoms with van der Waals surface area (Å²) < 4.78 is 36.4. The maximum Gasteiger partial charge on any atom is 0.255 e. The number of rotatable bonds is 6. The number of likely N-dealkylation sites (tertiary alicyclic amines) is 1. The lowest BCUT2D eigenvalue weighted by Crippen LogP contribution is -2.38. The maximum atomic E-state index is 13.0. The number of nitrogens with one attached hydrogen (secondary N) is 1. The number of hydrogen-bond acceptors (Lipinski definition) is 6. The van der Waals surface area contributed by atoms with Gasteiger partial charge in [0.25, 0.3) is 5.91 Å². The third-order valence-corrected chi connectivity index (χ3v) is 6.55. The fourth-order valence-corrected chi connectivity index (χ4v) is 4.65. The molecule has 4 rings (SSSR count). The number of para-hydroxylation sites is 1. The van der Waals surface area contributed by atoms with E-state index in [4.69, 9.17) is 9.47 Å². The predicted octanol–water partition coefficient (Wildman–Crippen LogP) is 2.45. The van der Waals surface area contributed by atoms with E-state index in [2.05, 4.69) is 5.32 Å². The van der Waals surface area contributed by atoms with Gasteiger partial charge in [-0.25, -0.2) is 8.42 Å². The van der Waals surface area contributed by atoms with Crippen molar-refractivity contribution >= 4 is 33.2 Å². The third-order valence-electron chi connectivity index (χ3n) is 5.41. The summed E-state index contributed by atoms with van der Waals surface area (Å²) in [4.78, 5) is 27.6. The van der Waals surface area contributed by atoms with Gasteiger partial charge < -0.3 is 19.7 Å². The van der Waals surface area contributed by atoms with E-state index in [1.54, 1.807) is 41.3 Å². The molecule has 0 atom stereocenters. The average Bonchev–Trinajstić information content (AvgIpc) is 3.25. The molecule has 2 heterocycles. The molecule has 0 aliphatic carbocycles. The van der Waals surface area contributed by atoms with Gasteiger partial charge in [0, 0.05) is 19.2 Å². The molecule has 0 radical (unpaired) electrons. The van der Waals surface area contributed by atoms with Crippen molar-refractivity contribution in [3.05, 3.63) is 48.0 Å². The highest BCUT2D eigenvalue weighted by molar-refractivity contribution is 7.92. The zero-order valence-corrected chi connectivity index (χ0v) is 18.6. The molecule has 170 valence electrons. The van der Waals surface area contributed by atoms with Crippen LogP contribution in [0.15, 0.2) is 42.5 Å². The predicted molar refractivity (Wildman–Crippen MR) is 120 cm³/mol. The van der Waals surface area contributed by atoms with Gasteiger partial charge in [0.15, 0.2) is 11.5 Å². The number of amides is 2. The summed E-state index contributed by atoms with van der Waals surface area (Å²) in [5.74, 6) is 0.217. The molecule has 10 heteroatoms. The molecule has 32 heavy (non-hydrogen) atoms. The van der Waals surface area contributed by atoms with Crippen LogP contribution >= 0.6 is 0 Å². The molecule has 2 amide bonds. The lowest BCUT2D eigenvalue weighted by Gasteiger charge is -2.27. The molecule has 2 aromatic carbocycles. The summed E-state index contributed by atoms with van der Waals surface area (Å²) in [6.45, 7) is 0.977. The smallest absolute Gasteiger partial charge is 0.255 e. The average molecular weight is 460 g/mol. The minimum Gasteiger partial charge on any atom is -0.454 e. The molecule has 1 fully saturated rings. The number of carbonyl (C=O) groups is 2. The number of fused-ring (bicyclic) bond motifs is 1. The Bertz CT molecular complexity index is 1130. The van der Waals surface area contributed by atoms with Crippen LogP contribution in [0.1, 0.15) is 29.6 Å². The number of carbonyl (C=O) groups excluding carboxylic acids is 2. The van der Waals surface area contributed by atoms with E-state index in [0.29, 0.717) is 35.8 Å². The molecule has 0 spiro atoms. The molecule has 1 saturated heterocycles. The molecule has 2 aromatic rings. The van der Waals surface area contributed by atoms with Crippen LogP contribution in [0.25, 0.3) is 0 Å². The summed E-state index contributed by atoms with van der Waals surface area (Å²) in [5.41, 5.74) is 1.02. The summed E-state index contributed by atoms with van der Waals surface area (Å²) in [7, 11) is -3.77. The number of hydrogen-bond donors (Lipinski definition) is 1. The molecule has 2 aliphatic rings. The fourth-order valence-electron chi connectivity index (χ4n) is 3.81. The largest absolute Gasteiger partial charge is 0.454 e. The second-order valence-electron chi connectivity index (χ2n) is 7.75. The molecule has 1 N–H and O–H groups in total. The van der Waals surface area contributed by atoms with Gasteiger partial charge in [-0.3, -0.25) is 13.9 Å². The van der Waals surface area contributed by atoms with Crippen LogP contribution in [-0.4, -0.2) is 57.8 Å². The SMILES string of the molecule is CS(=O)(=O)N(CC(=O)Nc1ccccc1C(=O)N1CCCCC1)c1ccc2c(c1)OCO2. The Morgan fingerprint density at radius 1 is 1.03 bits per heavy atom. The van der Waals surface area contributed by atoms with Gasteiger partial charge in [-0.05, 0) is 43.5 Å². The summed E-state index contributed by atoms with van der Waals surface area (Å²) >= 11 is 0. The molecule has 9 nitrogen and oxygen atoms in total. The van der Waals surface area contributed by atoms with Crippen LogP contribution < -0.4 is 19.1 Å². The first-order valence-electron chi connectivity index (χ1n) is 10.4. The molecule has 0 bridgehead atoms. The van der Waals surface area contributed by atoms with E-state index < -0.39 is 22.5 Å². The zero-order chi connectivity index (χ0) is 22.7. The molecular weight excluding hydrogens is 434 g/mol. The van der Waals surface area contributed by atoms with Crippen LogP contribution in [-0.2, 0) is 14.8 Å². The van der Waals surface area contributed by atoms with E-state index in [0.717, 1.165) is 29.8 Å². The van der Waals surface area contributed by atoms with Crippen molar-refractivity contribution < 1.29 is 27.5 Å². The van der Waals surface area contributed by atoms with Crippen LogP contribution in [0.5, 0.6) is 11.5 Å². The highest BCUT2D eigenvalue weighted by atomic mass is 32.2. The molecule has 2 aliphatic heterocycles. The summed E-state index contributed by atoms with van der Waals surface area (Å²) in [6.07, 6.45) is 4.04. The summed E-state index contributed by atoms with van der Waals surface area (Å²) in [6, 6.07) is 11.4. The van der Waals surface area contributed by atoms with Gasteiger partial charge in [-0.2, -0.15) is 0 Å². The number of piperidine rings is 1. The maximum absolute atomic E-state index is 13.0. The minimum atomic E-state index is -3.77. The first-order valence-corrected chi connectivity index (χ1v) is 12.2. The van der Waals surface area contributed by atoms with Gasteiger partial charge >= 0.3 is 0 Å². The minimum absolute atomic E-state index is 0.0555. The Balaban J connectivity index is 1.53. The Hall–Kier alpha value is -3.27. The third kappa shape index (κ3) is 4.80. The van der Waals surface area contributed by atoms with E-state index in [1.165, 1.54) is 6.07 Å². The van der Waals surface area contributed by atoms with Crippen molar-refractivity contribution in [2.75, 3.05) is 42.3 Å². The monoisotopic (exact) mass is 459 g/mol. The Kier molecular flexibility index (Phi) is 6.22. The van der Waals surface area contributed by atoms with Crippen LogP contribution in [0.3, 0.4) is 0 Å². The topological polar surface area (TPSA) is 105 Å². The number of benzene rings is 2. The van der Waals surface area contributed by atoms with Crippen molar-refractivity contribution in [1.82, 2.24) is 4.90 Å². The van der Waals surface area contributed by atoms with E-state index >= 15 is 0 Å². The van der Waals surface area contributed by atoms with Crippen molar-refractivity contribution in [3.63, 3.8) is 0 Å². The zero-order valence-electron chi connectivity index (χ0n) is 17.7. The normalized spacial score (nSPS) is 15.3. The van der Waals surface area contributed by atoms with E-state index in [1.807, 2.05) is 0 Å². The van der Waals surface area contributed by atoms with Gasteiger partial charge in [0.2, 0.25) is 22.7 Å². The molecule has 0 saturated carbocycles. The lowest BCUT2D eigenvalue weighted by molar-refractivity contribution is -0.114. The Morgan fingerprint density at radius 3 is 2.50 bits per heavy atom. The van der Waals surface area contributed by atoms with Crippen LogP contribution in [0.4, 0.5) is 11.4 Å².